The topological polar surface area (TPSA) is 68.5 Å². The van der Waals surface area contributed by atoms with Gasteiger partial charge in [-0.2, -0.15) is 5.10 Å². The van der Waals surface area contributed by atoms with Gasteiger partial charge in [0.2, 0.25) is 0 Å². The highest BCUT2D eigenvalue weighted by Crippen LogP contribution is 2.11. The van der Waals surface area contributed by atoms with Gasteiger partial charge in [0.1, 0.15) is 30.6 Å². The van der Waals surface area contributed by atoms with Gasteiger partial charge >= 0.3 is 0 Å². The van der Waals surface area contributed by atoms with Gasteiger partial charge in [-0.25, -0.2) is 24.0 Å². The van der Waals surface area contributed by atoms with Crippen LogP contribution < -0.4 is 5.32 Å². The number of halogens is 1. The summed E-state index contributed by atoms with van der Waals surface area (Å²) in [5.74, 6) is 0.938. The van der Waals surface area contributed by atoms with Crippen LogP contribution >= 0.6 is 0 Å². The van der Waals surface area contributed by atoms with E-state index in [1.165, 1.54) is 23.4 Å². The van der Waals surface area contributed by atoms with Gasteiger partial charge in [-0.05, 0) is 6.07 Å². The normalized spacial score (nSPS) is 10.4. The van der Waals surface area contributed by atoms with Crippen molar-refractivity contribution in [2.75, 3.05) is 5.32 Å². The highest BCUT2D eigenvalue weighted by atomic mass is 19.1. The van der Waals surface area contributed by atoms with Crippen LogP contribution in [-0.2, 0) is 6.54 Å². The molecule has 3 rings (SSSR count). The summed E-state index contributed by atoms with van der Waals surface area (Å²) in [5, 5.41) is 7.04. The van der Waals surface area contributed by atoms with Crippen molar-refractivity contribution in [3.8, 4) is 5.82 Å². The fraction of sp³-hybridized carbons (Fsp3) is 0.0769. The van der Waals surface area contributed by atoms with E-state index in [0.717, 1.165) is 0 Å². The minimum Gasteiger partial charge on any atom is -0.366 e. The largest absolute Gasteiger partial charge is 0.366 e. The third-order valence-corrected chi connectivity index (χ3v) is 2.72. The Bertz CT molecular complexity index is 698. The SMILES string of the molecule is Fc1ccccc1CNc1cc(-n2cncn2)ncn1. The van der Waals surface area contributed by atoms with Gasteiger partial charge in [0.25, 0.3) is 0 Å². The van der Waals surface area contributed by atoms with E-state index in [1.807, 2.05) is 0 Å². The van der Waals surface area contributed by atoms with Gasteiger partial charge in [0, 0.05) is 18.2 Å². The van der Waals surface area contributed by atoms with E-state index in [4.69, 9.17) is 0 Å². The van der Waals surface area contributed by atoms with Crippen molar-refractivity contribution >= 4 is 5.82 Å². The molecule has 0 aliphatic carbocycles. The molecule has 2 heterocycles. The molecular formula is C13H11FN6. The van der Waals surface area contributed by atoms with Gasteiger partial charge in [-0.1, -0.05) is 18.2 Å². The standard InChI is InChI=1S/C13H11FN6/c14-11-4-2-1-3-10(11)6-16-12-5-13(18-8-17-12)20-9-15-7-19-20/h1-5,7-9H,6H2,(H,16,17,18). The maximum Gasteiger partial charge on any atom is 0.160 e. The minimum atomic E-state index is -0.245. The smallest absolute Gasteiger partial charge is 0.160 e. The van der Waals surface area contributed by atoms with Crippen LogP contribution in [0.15, 0.2) is 49.3 Å². The molecule has 3 aromatic rings. The fourth-order valence-electron chi connectivity index (χ4n) is 1.72. The van der Waals surface area contributed by atoms with Crippen LogP contribution in [0.2, 0.25) is 0 Å². The van der Waals surface area contributed by atoms with E-state index in [-0.39, 0.29) is 5.82 Å². The maximum absolute atomic E-state index is 13.5. The highest BCUT2D eigenvalue weighted by molar-refractivity contribution is 5.40. The molecule has 0 aliphatic rings. The number of hydrogen-bond donors (Lipinski definition) is 1. The lowest BCUT2D eigenvalue weighted by molar-refractivity contribution is 0.613. The van der Waals surface area contributed by atoms with Crippen molar-refractivity contribution in [1.29, 1.82) is 0 Å². The van der Waals surface area contributed by atoms with Gasteiger partial charge < -0.3 is 5.32 Å². The summed E-state index contributed by atoms with van der Waals surface area (Å²) in [6, 6.07) is 8.32. The molecule has 100 valence electrons. The molecule has 0 saturated heterocycles. The van der Waals surface area contributed by atoms with E-state index >= 15 is 0 Å². The van der Waals surface area contributed by atoms with Crippen LogP contribution in [0.5, 0.6) is 0 Å². The molecular weight excluding hydrogens is 259 g/mol. The summed E-state index contributed by atoms with van der Waals surface area (Å²) >= 11 is 0. The zero-order valence-corrected chi connectivity index (χ0v) is 10.4. The molecule has 0 aliphatic heterocycles. The summed E-state index contributed by atoms with van der Waals surface area (Å²) in [4.78, 5) is 12.0. The Morgan fingerprint density at radius 1 is 1.15 bits per heavy atom. The van der Waals surface area contributed by atoms with Gasteiger partial charge in [0.05, 0.1) is 0 Å². The number of anilines is 1. The molecule has 20 heavy (non-hydrogen) atoms. The van der Waals surface area contributed by atoms with Crippen LogP contribution in [0, 0.1) is 5.82 Å². The average Bonchev–Trinajstić information content (AvgIpc) is 3.01. The Morgan fingerprint density at radius 2 is 2.05 bits per heavy atom. The monoisotopic (exact) mass is 270 g/mol. The van der Waals surface area contributed by atoms with Crippen LogP contribution in [0.1, 0.15) is 5.56 Å². The summed E-state index contributed by atoms with van der Waals surface area (Å²) in [7, 11) is 0. The molecule has 0 fully saturated rings. The molecule has 0 unspecified atom stereocenters. The lowest BCUT2D eigenvalue weighted by Crippen LogP contribution is -2.05. The van der Waals surface area contributed by atoms with Crippen LogP contribution in [0.3, 0.4) is 0 Å². The van der Waals surface area contributed by atoms with Gasteiger partial charge in [0.15, 0.2) is 5.82 Å². The van der Waals surface area contributed by atoms with Crippen molar-refractivity contribution in [2.24, 2.45) is 0 Å². The molecule has 0 amide bonds. The van der Waals surface area contributed by atoms with E-state index in [0.29, 0.717) is 23.7 Å². The summed E-state index contributed by atoms with van der Waals surface area (Å²) in [5.41, 5.74) is 0.577. The predicted molar refractivity (Wildman–Crippen MR) is 70.7 cm³/mol. The van der Waals surface area contributed by atoms with E-state index < -0.39 is 0 Å². The first-order valence-electron chi connectivity index (χ1n) is 5.97. The summed E-state index contributed by atoms with van der Waals surface area (Å²) in [6.07, 6.45) is 4.39. The number of benzene rings is 1. The summed E-state index contributed by atoms with van der Waals surface area (Å²) in [6.45, 7) is 0.348. The molecule has 2 aromatic heterocycles. The van der Waals surface area contributed by atoms with Crippen molar-refractivity contribution < 1.29 is 4.39 Å². The predicted octanol–water partition coefficient (Wildman–Crippen LogP) is 1.81. The molecule has 1 N–H and O–H groups in total. The van der Waals surface area contributed by atoms with Crippen molar-refractivity contribution in [3.63, 3.8) is 0 Å². The first kappa shape index (κ1) is 12.2. The third-order valence-electron chi connectivity index (χ3n) is 2.72. The third kappa shape index (κ3) is 2.61. The molecule has 0 radical (unpaired) electrons. The van der Waals surface area contributed by atoms with Crippen molar-refractivity contribution in [1.82, 2.24) is 24.7 Å². The molecule has 0 bridgehead atoms. The molecule has 6 nitrogen and oxygen atoms in total. The second-order valence-electron chi connectivity index (χ2n) is 4.05. The summed E-state index contributed by atoms with van der Waals surface area (Å²) < 4.78 is 15.0. The van der Waals surface area contributed by atoms with Crippen LogP contribution in [0.25, 0.3) is 5.82 Å². The first-order chi connectivity index (χ1) is 9.83. The lowest BCUT2D eigenvalue weighted by Gasteiger charge is -2.07. The molecule has 0 atom stereocenters. The first-order valence-corrected chi connectivity index (χ1v) is 5.97. The van der Waals surface area contributed by atoms with Gasteiger partial charge in [-0.3, -0.25) is 0 Å². The second-order valence-corrected chi connectivity index (χ2v) is 4.05. The molecule has 1 aromatic carbocycles. The zero-order chi connectivity index (χ0) is 13.8. The van der Waals surface area contributed by atoms with Crippen LogP contribution in [0.4, 0.5) is 10.2 Å². The Kier molecular flexibility index (Phi) is 3.32. The minimum absolute atomic E-state index is 0.245. The average molecular weight is 270 g/mol. The van der Waals surface area contributed by atoms with E-state index in [1.54, 1.807) is 30.6 Å². The maximum atomic E-state index is 13.5. The van der Waals surface area contributed by atoms with E-state index in [2.05, 4.69) is 25.4 Å². The number of aromatic nitrogens is 5. The van der Waals surface area contributed by atoms with E-state index in [9.17, 15) is 4.39 Å². The lowest BCUT2D eigenvalue weighted by atomic mass is 10.2. The number of nitrogens with zero attached hydrogens (tertiary/aromatic N) is 5. The quantitative estimate of drug-likeness (QED) is 0.783. The highest BCUT2D eigenvalue weighted by Gasteiger charge is 2.03. The Morgan fingerprint density at radius 3 is 2.85 bits per heavy atom. The molecule has 0 spiro atoms. The number of hydrogen-bond acceptors (Lipinski definition) is 5. The molecule has 0 saturated carbocycles. The Balaban J connectivity index is 1.75. The van der Waals surface area contributed by atoms with Crippen LogP contribution in [-0.4, -0.2) is 24.7 Å². The van der Waals surface area contributed by atoms with Crippen molar-refractivity contribution in [2.45, 2.75) is 6.54 Å². The number of rotatable bonds is 4. The fourth-order valence-corrected chi connectivity index (χ4v) is 1.72. The Hall–Kier alpha value is -2.83. The second kappa shape index (κ2) is 5.43. The zero-order valence-electron chi connectivity index (χ0n) is 10.4. The number of nitrogens with one attached hydrogen (secondary N) is 1. The Labute approximate surface area is 114 Å². The molecule has 7 heteroatoms. The van der Waals surface area contributed by atoms with Crippen molar-refractivity contribution in [3.05, 3.63) is 60.7 Å². The van der Waals surface area contributed by atoms with Gasteiger partial charge in [-0.15, -0.1) is 0 Å².